The summed E-state index contributed by atoms with van der Waals surface area (Å²) < 4.78 is 0.996. The summed E-state index contributed by atoms with van der Waals surface area (Å²) >= 11 is 3.41. The van der Waals surface area contributed by atoms with Crippen molar-refractivity contribution >= 4 is 33.6 Å². The first-order chi connectivity index (χ1) is 9.95. The van der Waals surface area contributed by atoms with Crippen molar-refractivity contribution in [1.29, 1.82) is 0 Å². The van der Waals surface area contributed by atoms with Crippen LogP contribution in [0.15, 0.2) is 46.9 Å². The van der Waals surface area contributed by atoms with Gasteiger partial charge in [-0.1, -0.05) is 45.8 Å². The molecule has 2 rings (SSSR count). The predicted molar refractivity (Wildman–Crippen MR) is 92.5 cm³/mol. The third-order valence-electron chi connectivity index (χ3n) is 3.20. The fourth-order valence-corrected chi connectivity index (χ4v) is 2.74. The van der Waals surface area contributed by atoms with E-state index in [0.717, 1.165) is 26.9 Å². The molecule has 0 bridgehead atoms. The van der Waals surface area contributed by atoms with E-state index >= 15 is 0 Å². The molecule has 1 amide bonds. The lowest BCUT2D eigenvalue weighted by molar-refractivity contribution is -0.111. The third-order valence-corrected chi connectivity index (χ3v) is 3.69. The quantitative estimate of drug-likeness (QED) is 0.778. The molecule has 0 spiro atoms. The molecule has 0 saturated carbocycles. The number of nitrogens with one attached hydrogen (secondary N) is 1. The van der Waals surface area contributed by atoms with Gasteiger partial charge < -0.3 is 5.32 Å². The van der Waals surface area contributed by atoms with Crippen LogP contribution in [0, 0.1) is 20.8 Å². The topological polar surface area (TPSA) is 29.1 Å². The number of hydrogen-bond acceptors (Lipinski definition) is 1. The van der Waals surface area contributed by atoms with Gasteiger partial charge in [0.25, 0.3) is 0 Å². The Kier molecular flexibility index (Phi) is 4.97. The van der Waals surface area contributed by atoms with Gasteiger partial charge in [0.2, 0.25) is 5.91 Å². The molecule has 3 heteroatoms. The van der Waals surface area contributed by atoms with Gasteiger partial charge in [0, 0.05) is 16.2 Å². The van der Waals surface area contributed by atoms with Crippen molar-refractivity contribution in [1.82, 2.24) is 0 Å². The van der Waals surface area contributed by atoms with Crippen molar-refractivity contribution in [3.05, 3.63) is 69.2 Å². The largest absolute Gasteiger partial charge is 0.322 e. The SMILES string of the molecule is Cc1cc(C)c(NC(=O)/C=C/c2cccc(Br)c2)c(C)c1. The van der Waals surface area contributed by atoms with E-state index < -0.39 is 0 Å². The second-order valence-electron chi connectivity index (χ2n) is 5.15. The number of rotatable bonds is 3. The van der Waals surface area contributed by atoms with Gasteiger partial charge in [0.15, 0.2) is 0 Å². The van der Waals surface area contributed by atoms with Crippen molar-refractivity contribution in [2.45, 2.75) is 20.8 Å². The molecule has 2 aromatic rings. The van der Waals surface area contributed by atoms with Crippen molar-refractivity contribution in [3.63, 3.8) is 0 Å². The van der Waals surface area contributed by atoms with Crippen LogP contribution >= 0.6 is 15.9 Å². The van der Waals surface area contributed by atoms with E-state index in [1.54, 1.807) is 12.2 Å². The zero-order valence-corrected chi connectivity index (χ0v) is 14.0. The highest BCUT2D eigenvalue weighted by atomic mass is 79.9. The third kappa shape index (κ3) is 4.30. The Labute approximate surface area is 134 Å². The standard InChI is InChI=1S/C18H18BrNO/c1-12-9-13(2)18(14(3)10-12)20-17(21)8-7-15-5-4-6-16(19)11-15/h4-11H,1-3H3,(H,20,21)/b8-7+. The van der Waals surface area contributed by atoms with Crippen molar-refractivity contribution in [3.8, 4) is 0 Å². The van der Waals surface area contributed by atoms with Gasteiger partial charge >= 0.3 is 0 Å². The lowest BCUT2D eigenvalue weighted by Gasteiger charge is -2.11. The van der Waals surface area contributed by atoms with Gasteiger partial charge in [-0.05, 0) is 55.7 Å². The first-order valence-electron chi connectivity index (χ1n) is 6.78. The van der Waals surface area contributed by atoms with Crippen molar-refractivity contribution in [2.24, 2.45) is 0 Å². The van der Waals surface area contributed by atoms with Crippen LogP contribution in [0.1, 0.15) is 22.3 Å². The lowest BCUT2D eigenvalue weighted by atomic mass is 10.1. The van der Waals surface area contributed by atoms with Crippen LogP contribution in [0.3, 0.4) is 0 Å². The van der Waals surface area contributed by atoms with E-state index in [4.69, 9.17) is 0 Å². The molecule has 1 N–H and O–H groups in total. The number of anilines is 1. The molecule has 0 radical (unpaired) electrons. The number of aryl methyl sites for hydroxylation is 3. The highest BCUT2D eigenvalue weighted by Crippen LogP contribution is 2.22. The van der Waals surface area contributed by atoms with Gasteiger partial charge in [-0.3, -0.25) is 4.79 Å². The summed E-state index contributed by atoms with van der Waals surface area (Å²) in [7, 11) is 0. The van der Waals surface area contributed by atoms with E-state index in [1.807, 2.05) is 38.1 Å². The molecule has 2 aromatic carbocycles. The van der Waals surface area contributed by atoms with E-state index in [9.17, 15) is 4.79 Å². The van der Waals surface area contributed by atoms with Crippen LogP contribution in [0.5, 0.6) is 0 Å². The fourth-order valence-electron chi connectivity index (χ4n) is 2.32. The number of halogens is 1. The number of hydrogen-bond donors (Lipinski definition) is 1. The monoisotopic (exact) mass is 343 g/mol. The Balaban J connectivity index is 2.12. The molecule has 0 aliphatic rings. The maximum Gasteiger partial charge on any atom is 0.248 e. The smallest absolute Gasteiger partial charge is 0.248 e. The van der Waals surface area contributed by atoms with Gasteiger partial charge in [-0.15, -0.1) is 0 Å². The average Bonchev–Trinajstić information content (AvgIpc) is 2.40. The molecule has 2 nitrogen and oxygen atoms in total. The highest BCUT2D eigenvalue weighted by Gasteiger charge is 2.06. The number of carbonyl (C=O) groups excluding carboxylic acids is 1. The van der Waals surface area contributed by atoms with Crippen LogP contribution < -0.4 is 5.32 Å². The number of amides is 1. The lowest BCUT2D eigenvalue weighted by Crippen LogP contribution is -2.10. The Morgan fingerprint density at radius 1 is 1.10 bits per heavy atom. The van der Waals surface area contributed by atoms with Gasteiger partial charge in [-0.2, -0.15) is 0 Å². The van der Waals surface area contributed by atoms with Crippen LogP contribution in [0.4, 0.5) is 5.69 Å². The van der Waals surface area contributed by atoms with Gasteiger partial charge in [0.05, 0.1) is 0 Å². The zero-order chi connectivity index (χ0) is 15.4. The van der Waals surface area contributed by atoms with Crippen molar-refractivity contribution < 1.29 is 4.79 Å². The maximum absolute atomic E-state index is 12.1. The minimum atomic E-state index is -0.120. The summed E-state index contributed by atoms with van der Waals surface area (Å²) in [6.45, 7) is 6.07. The average molecular weight is 344 g/mol. The minimum Gasteiger partial charge on any atom is -0.322 e. The fraction of sp³-hybridized carbons (Fsp3) is 0.167. The van der Waals surface area contributed by atoms with Gasteiger partial charge in [-0.25, -0.2) is 0 Å². The summed E-state index contributed by atoms with van der Waals surface area (Å²) in [6.07, 6.45) is 3.36. The van der Waals surface area contributed by atoms with E-state index in [1.165, 1.54) is 5.56 Å². The Morgan fingerprint density at radius 3 is 2.38 bits per heavy atom. The number of benzene rings is 2. The molecule has 21 heavy (non-hydrogen) atoms. The molecule has 108 valence electrons. The molecule has 0 aliphatic carbocycles. The first kappa shape index (κ1) is 15.5. The van der Waals surface area contributed by atoms with Crippen molar-refractivity contribution in [2.75, 3.05) is 5.32 Å². The summed E-state index contributed by atoms with van der Waals surface area (Å²) in [6, 6.07) is 12.0. The second-order valence-corrected chi connectivity index (χ2v) is 6.07. The summed E-state index contributed by atoms with van der Waals surface area (Å²) in [5, 5.41) is 2.95. The zero-order valence-electron chi connectivity index (χ0n) is 12.4. The Bertz CT molecular complexity index is 681. The second kappa shape index (κ2) is 6.72. The summed E-state index contributed by atoms with van der Waals surface area (Å²) in [5.74, 6) is -0.120. The Hall–Kier alpha value is -1.87. The predicted octanol–water partition coefficient (Wildman–Crippen LogP) is 5.03. The maximum atomic E-state index is 12.1. The molecule has 0 fully saturated rings. The van der Waals surface area contributed by atoms with E-state index in [0.29, 0.717) is 0 Å². The van der Waals surface area contributed by atoms with Gasteiger partial charge in [0.1, 0.15) is 0 Å². The van der Waals surface area contributed by atoms with Crippen LogP contribution in [-0.2, 0) is 4.79 Å². The molecule has 0 unspecified atom stereocenters. The number of carbonyl (C=O) groups is 1. The first-order valence-corrected chi connectivity index (χ1v) is 7.57. The van der Waals surface area contributed by atoms with Crippen LogP contribution in [0.2, 0.25) is 0 Å². The molecular formula is C18H18BrNO. The Morgan fingerprint density at radius 2 is 1.76 bits per heavy atom. The molecular weight excluding hydrogens is 326 g/mol. The molecule has 0 saturated heterocycles. The normalized spacial score (nSPS) is 10.9. The van der Waals surface area contributed by atoms with Crippen LogP contribution in [-0.4, -0.2) is 5.91 Å². The molecule has 0 aromatic heterocycles. The minimum absolute atomic E-state index is 0.120. The molecule has 0 atom stereocenters. The summed E-state index contributed by atoms with van der Waals surface area (Å²) in [4.78, 5) is 12.1. The van der Waals surface area contributed by atoms with Crippen LogP contribution in [0.25, 0.3) is 6.08 Å². The highest BCUT2D eigenvalue weighted by molar-refractivity contribution is 9.10. The molecule has 0 aliphatic heterocycles. The van der Waals surface area contributed by atoms with E-state index in [-0.39, 0.29) is 5.91 Å². The summed E-state index contributed by atoms with van der Waals surface area (Å²) in [5.41, 5.74) is 5.24. The molecule has 0 heterocycles. The van der Waals surface area contributed by atoms with E-state index in [2.05, 4.69) is 40.3 Å².